The van der Waals surface area contributed by atoms with Gasteiger partial charge in [0.1, 0.15) is 5.82 Å². The highest BCUT2D eigenvalue weighted by Gasteiger charge is 2.28. The summed E-state index contributed by atoms with van der Waals surface area (Å²) in [5.41, 5.74) is 6.34. The molecule has 3 nitrogen and oxygen atoms in total. The number of likely N-dealkylation sites (tertiary alicyclic amines) is 1. The maximum atomic E-state index is 12.6. The molecule has 16 heavy (non-hydrogen) atoms. The Labute approximate surface area is 94.0 Å². The Kier molecular flexibility index (Phi) is 3.19. The molecule has 4 heteroatoms. The third kappa shape index (κ3) is 2.39. The van der Waals surface area contributed by atoms with Crippen LogP contribution in [0, 0.1) is 11.7 Å². The van der Waals surface area contributed by atoms with Gasteiger partial charge in [0.15, 0.2) is 0 Å². The van der Waals surface area contributed by atoms with E-state index in [4.69, 9.17) is 5.73 Å². The molecule has 1 aromatic rings. The van der Waals surface area contributed by atoms with E-state index in [1.165, 1.54) is 12.1 Å². The van der Waals surface area contributed by atoms with Crippen molar-refractivity contribution in [2.75, 3.05) is 19.6 Å². The van der Waals surface area contributed by atoms with Gasteiger partial charge < -0.3 is 10.6 Å². The van der Waals surface area contributed by atoms with Gasteiger partial charge in [-0.25, -0.2) is 4.39 Å². The zero-order valence-electron chi connectivity index (χ0n) is 9.03. The highest BCUT2D eigenvalue weighted by Crippen LogP contribution is 2.15. The lowest BCUT2D eigenvalue weighted by Gasteiger charge is -2.38. The van der Waals surface area contributed by atoms with E-state index in [9.17, 15) is 9.18 Å². The second-order valence-electron chi connectivity index (χ2n) is 4.20. The molecule has 1 amide bonds. The summed E-state index contributed by atoms with van der Waals surface area (Å²) in [7, 11) is 0. The largest absolute Gasteiger partial charge is 0.342 e. The number of carbonyl (C=O) groups excluding carboxylic acids is 1. The van der Waals surface area contributed by atoms with Crippen molar-refractivity contribution < 1.29 is 9.18 Å². The highest BCUT2D eigenvalue weighted by atomic mass is 19.1. The van der Waals surface area contributed by atoms with Crippen LogP contribution in [0.1, 0.15) is 5.56 Å². The lowest BCUT2D eigenvalue weighted by atomic mass is 9.99. The molecule has 86 valence electrons. The Morgan fingerprint density at radius 1 is 1.38 bits per heavy atom. The minimum atomic E-state index is -0.275. The van der Waals surface area contributed by atoms with Gasteiger partial charge in [-0.1, -0.05) is 12.1 Å². The molecular weight excluding hydrogens is 207 g/mol. The van der Waals surface area contributed by atoms with Gasteiger partial charge in [0, 0.05) is 19.0 Å². The van der Waals surface area contributed by atoms with Crippen LogP contribution in [-0.2, 0) is 11.2 Å². The first-order chi connectivity index (χ1) is 7.69. The minimum absolute atomic E-state index is 0.0938. The Balaban J connectivity index is 1.86. The van der Waals surface area contributed by atoms with Gasteiger partial charge in [-0.05, 0) is 24.2 Å². The topological polar surface area (TPSA) is 46.3 Å². The highest BCUT2D eigenvalue weighted by molar-refractivity contribution is 5.79. The molecule has 2 rings (SSSR count). The fourth-order valence-electron chi connectivity index (χ4n) is 1.81. The van der Waals surface area contributed by atoms with Crippen LogP contribution in [-0.4, -0.2) is 30.4 Å². The zero-order chi connectivity index (χ0) is 11.5. The Morgan fingerprint density at radius 3 is 2.56 bits per heavy atom. The van der Waals surface area contributed by atoms with Gasteiger partial charge in [-0.3, -0.25) is 4.79 Å². The van der Waals surface area contributed by atoms with Crippen molar-refractivity contribution in [2.24, 2.45) is 11.7 Å². The summed E-state index contributed by atoms with van der Waals surface area (Å²) in [6, 6.07) is 6.05. The predicted molar refractivity (Wildman–Crippen MR) is 59.2 cm³/mol. The Bertz CT molecular complexity index is 371. The van der Waals surface area contributed by atoms with Crippen LogP contribution < -0.4 is 5.73 Å². The number of nitrogens with zero attached hydrogens (tertiary/aromatic N) is 1. The fourth-order valence-corrected chi connectivity index (χ4v) is 1.81. The van der Waals surface area contributed by atoms with Crippen LogP contribution in [0.4, 0.5) is 4.39 Å². The van der Waals surface area contributed by atoms with Gasteiger partial charge in [0.25, 0.3) is 0 Å². The van der Waals surface area contributed by atoms with Crippen LogP contribution in [0.15, 0.2) is 24.3 Å². The number of rotatable bonds is 3. The molecule has 0 saturated carbocycles. The molecule has 0 spiro atoms. The lowest BCUT2D eigenvalue weighted by molar-refractivity contribution is -0.136. The van der Waals surface area contributed by atoms with Crippen molar-refractivity contribution in [2.45, 2.75) is 6.42 Å². The summed E-state index contributed by atoms with van der Waals surface area (Å²) in [5, 5.41) is 0. The van der Waals surface area contributed by atoms with E-state index in [1.54, 1.807) is 17.0 Å². The quantitative estimate of drug-likeness (QED) is 0.821. The summed E-state index contributed by atoms with van der Waals surface area (Å²) in [4.78, 5) is 13.5. The summed E-state index contributed by atoms with van der Waals surface area (Å²) < 4.78 is 12.6. The smallest absolute Gasteiger partial charge is 0.227 e. The van der Waals surface area contributed by atoms with E-state index in [0.29, 0.717) is 18.9 Å². The van der Waals surface area contributed by atoms with Gasteiger partial charge >= 0.3 is 0 Å². The number of carbonyl (C=O) groups is 1. The average Bonchev–Trinajstić information content (AvgIpc) is 2.20. The van der Waals surface area contributed by atoms with Crippen molar-refractivity contribution in [1.29, 1.82) is 0 Å². The summed E-state index contributed by atoms with van der Waals surface area (Å²) in [5.74, 6) is 0.275. The molecule has 0 atom stereocenters. The van der Waals surface area contributed by atoms with Gasteiger partial charge in [0.05, 0.1) is 6.42 Å². The third-order valence-corrected chi connectivity index (χ3v) is 2.91. The second-order valence-corrected chi connectivity index (χ2v) is 4.20. The molecule has 0 bridgehead atoms. The summed E-state index contributed by atoms with van der Waals surface area (Å²) in [6.45, 7) is 2.16. The standard InChI is InChI=1S/C12H15FN2O/c13-11-3-1-9(2-4-11)5-12(16)15-7-10(6-14)8-15/h1-4,10H,5-8,14H2. The number of hydrogen-bond acceptors (Lipinski definition) is 2. The normalized spacial score (nSPS) is 16.0. The van der Waals surface area contributed by atoms with Gasteiger partial charge in [-0.2, -0.15) is 0 Å². The lowest BCUT2D eigenvalue weighted by Crippen LogP contribution is -2.53. The fraction of sp³-hybridized carbons (Fsp3) is 0.417. The van der Waals surface area contributed by atoms with E-state index in [2.05, 4.69) is 0 Å². The molecule has 1 heterocycles. The molecule has 1 aliphatic rings. The number of halogens is 1. The first-order valence-corrected chi connectivity index (χ1v) is 5.41. The average molecular weight is 222 g/mol. The van der Waals surface area contributed by atoms with E-state index in [-0.39, 0.29) is 11.7 Å². The Hall–Kier alpha value is -1.42. The molecule has 0 unspecified atom stereocenters. The first kappa shape index (κ1) is 11.1. The number of benzene rings is 1. The molecule has 1 aromatic carbocycles. The van der Waals surface area contributed by atoms with Crippen LogP contribution in [0.25, 0.3) is 0 Å². The molecule has 0 aliphatic carbocycles. The molecule has 1 saturated heterocycles. The van der Waals surface area contributed by atoms with E-state index < -0.39 is 0 Å². The van der Waals surface area contributed by atoms with Crippen LogP contribution in [0.2, 0.25) is 0 Å². The van der Waals surface area contributed by atoms with E-state index in [1.807, 2.05) is 0 Å². The van der Waals surface area contributed by atoms with Gasteiger partial charge in [0.2, 0.25) is 5.91 Å². The van der Waals surface area contributed by atoms with Crippen molar-refractivity contribution in [3.05, 3.63) is 35.6 Å². The second kappa shape index (κ2) is 4.61. The molecule has 0 aromatic heterocycles. The van der Waals surface area contributed by atoms with Gasteiger partial charge in [-0.15, -0.1) is 0 Å². The van der Waals surface area contributed by atoms with E-state index >= 15 is 0 Å². The van der Waals surface area contributed by atoms with Crippen LogP contribution >= 0.6 is 0 Å². The summed E-state index contributed by atoms with van der Waals surface area (Å²) >= 11 is 0. The third-order valence-electron chi connectivity index (χ3n) is 2.91. The SMILES string of the molecule is NCC1CN(C(=O)Cc2ccc(F)cc2)C1. The number of amides is 1. The predicted octanol–water partition coefficient (Wildman–Crippen LogP) is 0.785. The molecular formula is C12H15FN2O. The maximum absolute atomic E-state index is 12.6. The number of hydrogen-bond donors (Lipinski definition) is 1. The van der Waals surface area contributed by atoms with Crippen molar-refractivity contribution >= 4 is 5.91 Å². The molecule has 2 N–H and O–H groups in total. The Morgan fingerprint density at radius 2 is 2.00 bits per heavy atom. The van der Waals surface area contributed by atoms with Crippen molar-refractivity contribution in [3.8, 4) is 0 Å². The van der Waals surface area contributed by atoms with Crippen LogP contribution in [0.5, 0.6) is 0 Å². The van der Waals surface area contributed by atoms with E-state index in [0.717, 1.165) is 18.7 Å². The molecule has 1 aliphatic heterocycles. The van der Waals surface area contributed by atoms with Crippen molar-refractivity contribution in [3.63, 3.8) is 0 Å². The molecule has 0 radical (unpaired) electrons. The minimum Gasteiger partial charge on any atom is -0.342 e. The first-order valence-electron chi connectivity index (χ1n) is 5.41. The number of nitrogens with two attached hydrogens (primary N) is 1. The monoisotopic (exact) mass is 222 g/mol. The molecule has 1 fully saturated rings. The van der Waals surface area contributed by atoms with Crippen LogP contribution in [0.3, 0.4) is 0 Å². The van der Waals surface area contributed by atoms with Crippen molar-refractivity contribution in [1.82, 2.24) is 4.90 Å². The summed E-state index contributed by atoms with van der Waals surface area (Å²) in [6.07, 6.45) is 0.345. The zero-order valence-corrected chi connectivity index (χ0v) is 9.03. The maximum Gasteiger partial charge on any atom is 0.227 e.